The van der Waals surface area contributed by atoms with E-state index in [4.69, 9.17) is 5.73 Å². The van der Waals surface area contributed by atoms with Crippen LogP contribution < -0.4 is 5.73 Å². The van der Waals surface area contributed by atoms with E-state index < -0.39 is 0 Å². The topological polar surface area (TPSA) is 60.9 Å². The fourth-order valence-corrected chi connectivity index (χ4v) is 0.942. The molecule has 0 saturated heterocycles. The number of nitrogens with zero attached hydrogens (tertiary/aromatic N) is 2. The van der Waals surface area contributed by atoms with E-state index in [-0.39, 0.29) is 12.3 Å². The number of rotatable bonds is 4. The first-order valence-corrected chi connectivity index (χ1v) is 3.65. The van der Waals surface area contributed by atoms with Crippen LogP contribution in [0.4, 0.5) is 0 Å². The van der Waals surface area contributed by atoms with Gasteiger partial charge in [-0.1, -0.05) is 6.08 Å². The van der Waals surface area contributed by atoms with Gasteiger partial charge in [0.2, 0.25) is 0 Å². The average molecular weight is 165 g/mol. The lowest BCUT2D eigenvalue weighted by molar-refractivity contribution is 0.0992. The van der Waals surface area contributed by atoms with Gasteiger partial charge in [0.15, 0.2) is 5.78 Å². The zero-order chi connectivity index (χ0) is 8.97. The number of carbonyl (C=O) groups excluding carboxylic acids is 1. The third-order valence-electron chi connectivity index (χ3n) is 1.49. The van der Waals surface area contributed by atoms with Crippen molar-refractivity contribution < 1.29 is 4.79 Å². The highest BCUT2D eigenvalue weighted by Crippen LogP contribution is 1.99. The molecule has 12 heavy (non-hydrogen) atoms. The SMILES string of the molecule is C=CCn1nccc1C(=O)CN. The molecular weight excluding hydrogens is 154 g/mol. The third kappa shape index (κ3) is 1.60. The second-order valence-corrected chi connectivity index (χ2v) is 2.31. The monoisotopic (exact) mass is 165 g/mol. The van der Waals surface area contributed by atoms with Gasteiger partial charge in [-0.3, -0.25) is 9.48 Å². The van der Waals surface area contributed by atoms with Crippen molar-refractivity contribution in [2.24, 2.45) is 5.73 Å². The van der Waals surface area contributed by atoms with E-state index in [1.807, 2.05) is 0 Å². The minimum atomic E-state index is -0.102. The van der Waals surface area contributed by atoms with Gasteiger partial charge in [0, 0.05) is 6.20 Å². The summed E-state index contributed by atoms with van der Waals surface area (Å²) in [5.74, 6) is -0.102. The van der Waals surface area contributed by atoms with Crippen molar-refractivity contribution in [3.63, 3.8) is 0 Å². The molecule has 64 valence electrons. The maximum atomic E-state index is 11.2. The van der Waals surface area contributed by atoms with E-state index in [9.17, 15) is 4.79 Å². The number of carbonyl (C=O) groups is 1. The lowest BCUT2D eigenvalue weighted by Gasteiger charge is -2.00. The van der Waals surface area contributed by atoms with Gasteiger partial charge in [0.1, 0.15) is 5.69 Å². The molecule has 2 N–H and O–H groups in total. The van der Waals surface area contributed by atoms with E-state index in [1.54, 1.807) is 23.0 Å². The van der Waals surface area contributed by atoms with Gasteiger partial charge in [0.05, 0.1) is 13.1 Å². The molecule has 1 rings (SSSR count). The summed E-state index contributed by atoms with van der Waals surface area (Å²) in [6.07, 6.45) is 3.26. The van der Waals surface area contributed by atoms with E-state index >= 15 is 0 Å². The molecule has 1 aromatic heterocycles. The van der Waals surface area contributed by atoms with Crippen LogP contribution in [-0.2, 0) is 6.54 Å². The molecule has 0 aliphatic carbocycles. The molecule has 0 fully saturated rings. The Morgan fingerprint density at radius 1 is 1.83 bits per heavy atom. The van der Waals surface area contributed by atoms with Gasteiger partial charge >= 0.3 is 0 Å². The van der Waals surface area contributed by atoms with Crippen molar-refractivity contribution >= 4 is 5.78 Å². The fourth-order valence-electron chi connectivity index (χ4n) is 0.942. The van der Waals surface area contributed by atoms with Crippen molar-refractivity contribution in [2.45, 2.75) is 6.54 Å². The van der Waals surface area contributed by atoms with Gasteiger partial charge in [-0.25, -0.2) is 0 Å². The molecule has 0 radical (unpaired) electrons. The van der Waals surface area contributed by atoms with Gasteiger partial charge in [-0.2, -0.15) is 5.10 Å². The second kappa shape index (κ2) is 3.82. The molecule has 0 aliphatic heterocycles. The van der Waals surface area contributed by atoms with Gasteiger partial charge < -0.3 is 5.73 Å². The van der Waals surface area contributed by atoms with Gasteiger partial charge in [-0.15, -0.1) is 6.58 Å². The molecule has 4 nitrogen and oxygen atoms in total. The number of Topliss-reactive ketones (excluding diaryl/α,β-unsaturated/α-hetero) is 1. The minimum absolute atomic E-state index is 0.0167. The van der Waals surface area contributed by atoms with E-state index in [1.165, 1.54) is 0 Å². The Kier molecular flexibility index (Phi) is 2.76. The maximum absolute atomic E-state index is 11.2. The molecule has 1 heterocycles. The maximum Gasteiger partial charge on any atom is 0.194 e. The second-order valence-electron chi connectivity index (χ2n) is 2.31. The summed E-state index contributed by atoms with van der Waals surface area (Å²) < 4.78 is 1.57. The van der Waals surface area contributed by atoms with Gasteiger partial charge in [-0.05, 0) is 6.07 Å². The molecule has 0 atom stereocenters. The Balaban J connectivity index is 2.90. The normalized spacial score (nSPS) is 9.75. The van der Waals surface area contributed by atoms with Crippen LogP contribution in [0.5, 0.6) is 0 Å². The van der Waals surface area contributed by atoms with E-state index in [2.05, 4.69) is 11.7 Å². The first-order valence-electron chi connectivity index (χ1n) is 3.65. The van der Waals surface area contributed by atoms with Crippen LogP contribution in [0, 0.1) is 0 Å². The minimum Gasteiger partial charge on any atom is -0.324 e. The first kappa shape index (κ1) is 8.67. The molecular formula is C8H11N3O. The van der Waals surface area contributed by atoms with E-state index in [0.29, 0.717) is 12.2 Å². The molecule has 0 aliphatic rings. The smallest absolute Gasteiger partial charge is 0.194 e. The third-order valence-corrected chi connectivity index (χ3v) is 1.49. The number of nitrogens with two attached hydrogens (primary N) is 1. The van der Waals surface area contributed by atoms with Crippen LogP contribution in [0.2, 0.25) is 0 Å². The Hall–Kier alpha value is -1.42. The number of ketones is 1. The van der Waals surface area contributed by atoms with Gasteiger partial charge in [0.25, 0.3) is 0 Å². The predicted molar refractivity (Wildman–Crippen MR) is 45.8 cm³/mol. The zero-order valence-corrected chi connectivity index (χ0v) is 6.73. The number of aromatic nitrogens is 2. The summed E-state index contributed by atoms with van der Waals surface area (Å²) in [5.41, 5.74) is 5.75. The van der Waals surface area contributed by atoms with Crippen LogP contribution in [0.25, 0.3) is 0 Å². The average Bonchev–Trinajstić information content (AvgIpc) is 2.52. The quantitative estimate of drug-likeness (QED) is 0.512. The summed E-state index contributed by atoms with van der Waals surface area (Å²) >= 11 is 0. The molecule has 4 heteroatoms. The van der Waals surface area contributed by atoms with Crippen LogP contribution in [0.3, 0.4) is 0 Å². The van der Waals surface area contributed by atoms with Crippen molar-refractivity contribution in [1.29, 1.82) is 0 Å². The van der Waals surface area contributed by atoms with Crippen LogP contribution in [0.15, 0.2) is 24.9 Å². The van der Waals surface area contributed by atoms with E-state index in [0.717, 1.165) is 0 Å². The number of allylic oxidation sites excluding steroid dienone is 1. The molecule has 0 unspecified atom stereocenters. The Labute approximate surface area is 70.7 Å². The molecule has 0 aromatic carbocycles. The first-order chi connectivity index (χ1) is 5.79. The van der Waals surface area contributed by atoms with Crippen molar-refractivity contribution in [2.75, 3.05) is 6.54 Å². The Morgan fingerprint density at radius 3 is 3.17 bits per heavy atom. The summed E-state index contributed by atoms with van der Waals surface area (Å²) in [6.45, 7) is 4.11. The summed E-state index contributed by atoms with van der Waals surface area (Å²) in [5, 5.41) is 3.94. The van der Waals surface area contributed by atoms with Crippen molar-refractivity contribution in [3.8, 4) is 0 Å². The fraction of sp³-hybridized carbons (Fsp3) is 0.250. The van der Waals surface area contributed by atoms with Crippen LogP contribution in [0.1, 0.15) is 10.5 Å². The summed E-state index contributed by atoms with van der Waals surface area (Å²) in [4.78, 5) is 11.2. The Bertz CT molecular complexity index is 290. The summed E-state index contributed by atoms with van der Waals surface area (Å²) in [6, 6.07) is 1.65. The van der Waals surface area contributed by atoms with Crippen molar-refractivity contribution in [1.82, 2.24) is 9.78 Å². The highest BCUT2D eigenvalue weighted by atomic mass is 16.1. The molecule has 0 spiro atoms. The van der Waals surface area contributed by atoms with Crippen LogP contribution in [-0.4, -0.2) is 22.1 Å². The Morgan fingerprint density at radius 2 is 2.58 bits per heavy atom. The molecule has 1 aromatic rings. The zero-order valence-electron chi connectivity index (χ0n) is 6.73. The molecule has 0 saturated carbocycles. The largest absolute Gasteiger partial charge is 0.324 e. The van der Waals surface area contributed by atoms with Crippen molar-refractivity contribution in [3.05, 3.63) is 30.6 Å². The standard InChI is InChI=1S/C8H11N3O/c1-2-5-11-7(3-4-10-11)8(12)6-9/h2-4H,1,5-6,9H2. The lowest BCUT2D eigenvalue weighted by Crippen LogP contribution is -2.18. The summed E-state index contributed by atoms with van der Waals surface area (Å²) in [7, 11) is 0. The predicted octanol–water partition coefficient (Wildman–Crippen LogP) is 0.211. The molecule has 0 amide bonds. The highest BCUT2D eigenvalue weighted by molar-refractivity contribution is 5.95. The highest BCUT2D eigenvalue weighted by Gasteiger charge is 2.07. The van der Waals surface area contributed by atoms with Crippen LogP contribution >= 0.6 is 0 Å². The lowest BCUT2D eigenvalue weighted by atomic mass is 10.3. The number of hydrogen-bond donors (Lipinski definition) is 1. The molecule has 0 bridgehead atoms. The number of hydrogen-bond acceptors (Lipinski definition) is 3.